The van der Waals surface area contributed by atoms with Crippen LogP contribution in [0, 0.1) is 0 Å². The summed E-state index contributed by atoms with van der Waals surface area (Å²) in [5, 5.41) is 3.82. The van der Waals surface area contributed by atoms with E-state index < -0.39 is 0 Å². The number of likely N-dealkylation sites (N-methyl/N-ethyl adjacent to an activating group) is 1. The molecule has 1 fully saturated rings. The Hall–Kier alpha value is -1.86. The molecule has 2 N–H and O–H groups in total. The van der Waals surface area contributed by atoms with E-state index in [1.165, 1.54) is 0 Å². The van der Waals surface area contributed by atoms with Gasteiger partial charge in [0.05, 0.1) is 6.54 Å². The van der Waals surface area contributed by atoms with Gasteiger partial charge in [-0.2, -0.15) is 0 Å². The van der Waals surface area contributed by atoms with Crippen LogP contribution in [0.3, 0.4) is 0 Å². The zero-order valence-electron chi connectivity index (χ0n) is 13.6. The van der Waals surface area contributed by atoms with E-state index in [-0.39, 0.29) is 11.8 Å². The van der Waals surface area contributed by atoms with Gasteiger partial charge in [0, 0.05) is 48.1 Å². The zero-order valence-corrected chi connectivity index (χ0v) is 15.2. The summed E-state index contributed by atoms with van der Waals surface area (Å²) >= 11 is 3.45. The van der Waals surface area contributed by atoms with E-state index in [0.29, 0.717) is 45.0 Å². The van der Waals surface area contributed by atoms with Gasteiger partial charge in [0.2, 0.25) is 5.91 Å². The smallest absolute Gasteiger partial charge is 0.270 e. The van der Waals surface area contributed by atoms with Crippen molar-refractivity contribution in [2.24, 2.45) is 0 Å². The standard InChI is InChI=1S/C17H21BrN4O2/c1-2-19-16(23)11-21-5-7-22(8-6-21)17(24)15-10-12-9-13(18)3-4-14(12)20-15/h3-4,9-10,20H,2,5-8,11H2,1H3,(H,19,23). The highest BCUT2D eigenvalue weighted by Gasteiger charge is 2.24. The number of carbonyl (C=O) groups excluding carboxylic acids is 2. The molecule has 0 unspecified atom stereocenters. The van der Waals surface area contributed by atoms with Crippen LogP contribution >= 0.6 is 15.9 Å². The molecule has 1 aromatic heterocycles. The number of fused-ring (bicyclic) bond motifs is 1. The maximum atomic E-state index is 12.7. The van der Waals surface area contributed by atoms with Crippen molar-refractivity contribution in [1.29, 1.82) is 0 Å². The molecule has 128 valence electrons. The van der Waals surface area contributed by atoms with Crippen LogP contribution in [0.4, 0.5) is 0 Å². The van der Waals surface area contributed by atoms with Crippen LogP contribution in [0.25, 0.3) is 10.9 Å². The number of hydrogen-bond donors (Lipinski definition) is 2. The van der Waals surface area contributed by atoms with E-state index in [4.69, 9.17) is 0 Å². The van der Waals surface area contributed by atoms with Crippen LogP contribution in [0.2, 0.25) is 0 Å². The fourth-order valence-corrected chi connectivity index (χ4v) is 3.33. The predicted molar refractivity (Wildman–Crippen MR) is 97.0 cm³/mol. The second-order valence-electron chi connectivity index (χ2n) is 5.94. The van der Waals surface area contributed by atoms with Crippen molar-refractivity contribution in [2.45, 2.75) is 6.92 Å². The van der Waals surface area contributed by atoms with Crippen molar-refractivity contribution in [3.63, 3.8) is 0 Å². The molecular formula is C17H21BrN4O2. The van der Waals surface area contributed by atoms with Gasteiger partial charge in [0.25, 0.3) is 5.91 Å². The molecule has 2 aromatic rings. The summed E-state index contributed by atoms with van der Waals surface area (Å²) in [6.07, 6.45) is 0. The van der Waals surface area contributed by atoms with E-state index in [1.54, 1.807) is 0 Å². The number of aromatic nitrogens is 1. The number of amides is 2. The minimum absolute atomic E-state index is 0.0139. The maximum Gasteiger partial charge on any atom is 0.270 e. The molecule has 2 heterocycles. The number of piperazine rings is 1. The Morgan fingerprint density at radius 3 is 2.67 bits per heavy atom. The first-order valence-corrected chi connectivity index (χ1v) is 8.92. The molecule has 3 rings (SSSR count). The van der Waals surface area contributed by atoms with E-state index in [2.05, 4.69) is 31.1 Å². The lowest BCUT2D eigenvalue weighted by Crippen LogP contribution is -2.51. The number of benzene rings is 1. The summed E-state index contributed by atoms with van der Waals surface area (Å²) in [7, 11) is 0. The van der Waals surface area contributed by atoms with Crippen molar-refractivity contribution in [3.05, 3.63) is 34.4 Å². The molecule has 1 aliphatic rings. The fourth-order valence-electron chi connectivity index (χ4n) is 2.95. The van der Waals surface area contributed by atoms with Crippen LogP contribution in [0.15, 0.2) is 28.7 Å². The van der Waals surface area contributed by atoms with Gasteiger partial charge in [-0.15, -0.1) is 0 Å². The van der Waals surface area contributed by atoms with Crippen LogP contribution in [-0.2, 0) is 4.79 Å². The lowest BCUT2D eigenvalue weighted by atomic mass is 10.2. The van der Waals surface area contributed by atoms with Crippen LogP contribution in [0.5, 0.6) is 0 Å². The molecule has 0 bridgehead atoms. The first-order valence-electron chi connectivity index (χ1n) is 8.13. The summed E-state index contributed by atoms with van der Waals surface area (Å²) < 4.78 is 0.993. The predicted octanol–water partition coefficient (Wildman–Crippen LogP) is 1.82. The number of halogens is 1. The highest BCUT2D eigenvalue weighted by atomic mass is 79.9. The third-order valence-electron chi connectivity index (χ3n) is 4.21. The van der Waals surface area contributed by atoms with E-state index in [9.17, 15) is 9.59 Å². The normalized spacial score (nSPS) is 15.7. The molecule has 1 aromatic carbocycles. The summed E-state index contributed by atoms with van der Waals surface area (Å²) in [5.41, 5.74) is 1.57. The summed E-state index contributed by atoms with van der Waals surface area (Å²) in [6.45, 7) is 5.66. The summed E-state index contributed by atoms with van der Waals surface area (Å²) in [6, 6.07) is 7.80. The van der Waals surface area contributed by atoms with Crippen molar-refractivity contribution >= 4 is 38.6 Å². The molecule has 0 spiro atoms. The number of H-pyrrole nitrogens is 1. The summed E-state index contributed by atoms with van der Waals surface area (Å²) in [5.74, 6) is 0.0541. The molecule has 24 heavy (non-hydrogen) atoms. The Balaban J connectivity index is 1.61. The molecule has 7 heteroatoms. The molecule has 1 aliphatic heterocycles. The Kier molecular flexibility index (Phi) is 5.20. The first kappa shape index (κ1) is 17.0. The van der Waals surface area contributed by atoms with Crippen LogP contribution in [-0.4, -0.2) is 65.9 Å². The topological polar surface area (TPSA) is 68.4 Å². The van der Waals surface area contributed by atoms with Gasteiger partial charge in [0.15, 0.2) is 0 Å². The second-order valence-corrected chi connectivity index (χ2v) is 6.85. The van der Waals surface area contributed by atoms with Gasteiger partial charge in [-0.1, -0.05) is 15.9 Å². The molecule has 6 nitrogen and oxygen atoms in total. The molecule has 2 amide bonds. The number of carbonyl (C=O) groups is 2. The largest absolute Gasteiger partial charge is 0.355 e. The van der Waals surface area contributed by atoms with Gasteiger partial charge >= 0.3 is 0 Å². The molecule has 1 saturated heterocycles. The highest BCUT2D eigenvalue weighted by Crippen LogP contribution is 2.21. The van der Waals surface area contributed by atoms with Gasteiger partial charge in [-0.25, -0.2) is 0 Å². The van der Waals surface area contributed by atoms with Crippen molar-refractivity contribution < 1.29 is 9.59 Å². The van der Waals surface area contributed by atoms with Gasteiger partial charge in [-0.05, 0) is 31.2 Å². The Morgan fingerprint density at radius 1 is 1.21 bits per heavy atom. The summed E-state index contributed by atoms with van der Waals surface area (Å²) in [4.78, 5) is 31.4. The fraction of sp³-hybridized carbons (Fsp3) is 0.412. The second kappa shape index (κ2) is 7.36. The third kappa shape index (κ3) is 3.79. The van der Waals surface area contributed by atoms with Crippen LogP contribution in [0.1, 0.15) is 17.4 Å². The maximum absolute atomic E-state index is 12.7. The van der Waals surface area contributed by atoms with Crippen molar-refractivity contribution in [3.8, 4) is 0 Å². The first-order chi connectivity index (χ1) is 11.6. The quantitative estimate of drug-likeness (QED) is 0.833. The minimum Gasteiger partial charge on any atom is -0.355 e. The van der Waals surface area contributed by atoms with E-state index in [1.807, 2.05) is 36.1 Å². The number of nitrogens with one attached hydrogen (secondary N) is 2. The van der Waals surface area contributed by atoms with E-state index >= 15 is 0 Å². The zero-order chi connectivity index (χ0) is 17.1. The number of hydrogen-bond acceptors (Lipinski definition) is 3. The molecule has 0 saturated carbocycles. The third-order valence-corrected chi connectivity index (χ3v) is 4.71. The average Bonchev–Trinajstić information content (AvgIpc) is 2.98. The Morgan fingerprint density at radius 2 is 1.96 bits per heavy atom. The van der Waals surface area contributed by atoms with Crippen molar-refractivity contribution in [1.82, 2.24) is 20.1 Å². The van der Waals surface area contributed by atoms with Crippen molar-refractivity contribution in [2.75, 3.05) is 39.3 Å². The monoisotopic (exact) mass is 392 g/mol. The molecule has 0 atom stereocenters. The van der Waals surface area contributed by atoms with Gasteiger partial charge < -0.3 is 15.2 Å². The molecule has 0 radical (unpaired) electrons. The lowest BCUT2D eigenvalue weighted by molar-refractivity contribution is -0.122. The number of aromatic amines is 1. The molecule has 0 aliphatic carbocycles. The van der Waals surface area contributed by atoms with Crippen LogP contribution < -0.4 is 5.32 Å². The van der Waals surface area contributed by atoms with Gasteiger partial charge in [-0.3, -0.25) is 14.5 Å². The number of nitrogens with zero attached hydrogens (tertiary/aromatic N) is 2. The lowest BCUT2D eigenvalue weighted by Gasteiger charge is -2.34. The Bertz CT molecular complexity index is 750. The number of rotatable bonds is 4. The average molecular weight is 393 g/mol. The van der Waals surface area contributed by atoms with Gasteiger partial charge in [0.1, 0.15) is 5.69 Å². The van der Waals surface area contributed by atoms with E-state index in [0.717, 1.165) is 15.4 Å². The Labute approximate surface area is 149 Å². The highest BCUT2D eigenvalue weighted by molar-refractivity contribution is 9.10. The minimum atomic E-state index is 0.0139. The molecular weight excluding hydrogens is 372 g/mol. The SMILES string of the molecule is CCNC(=O)CN1CCN(C(=O)c2cc3cc(Br)ccc3[nH]2)CC1.